The van der Waals surface area contributed by atoms with Gasteiger partial charge in [0.2, 0.25) is 5.95 Å². The Labute approximate surface area is 219 Å². The van der Waals surface area contributed by atoms with Gasteiger partial charge in [-0.15, -0.1) is 0 Å². The number of anilines is 1. The van der Waals surface area contributed by atoms with E-state index in [1.165, 1.54) is 10.9 Å². The molecule has 18 N–H and O–H groups in total. The monoisotopic (exact) mass is 675 g/mol. The highest BCUT2D eigenvalue weighted by molar-refractivity contribution is 7.45. The molecule has 0 amide bonds. The fraction of sp³-hybridized carbons (Fsp3) is 0.500. The summed E-state index contributed by atoms with van der Waals surface area (Å²) in [6.45, 7) is -0.447. The molecule has 1 aliphatic rings. The molecule has 40 heavy (non-hydrogen) atoms. The molecule has 2 aromatic rings. The fourth-order valence-corrected chi connectivity index (χ4v) is 2.24. The number of nitrogens with two attached hydrogens (primary N) is 1. The molecule has 0 bridgehead atoms. The molecule has 0 unspecified atom stereocenters. The molecular formula is C10H25N5O21P4. The molecule has 1 saturated heterocycles. The number of ether oxygens (including phenoxy) is 1. The second-order valence-electron chi connectivity index (χ2n) is 6.56. The third-order valence-corrected chi connectivity index (χ3v) is 3.24. The number of nitrogen functional groups attached to an aromatic ring is 1. The Morgan fingerprint density at radius 3 is 1.52 bits per heavy atom. The first kappa shape index (κ1) is 40.6. The minimum absolute atomic E-state index is 0.0388. The van der Waals surface area contributed by atoms with Gasteiger partial charge in [0.25, 0.3) is 5.56 Å². The topological polar surface area (TPSA) is 471 Å². The highest BCUT2D eigenvalue weighted by Crippen LogP contribution is 2.31. The third-order valence-electron chi connectivity index (χ3n) is 3.24. The van der Waals surface area contributed by atoms with Gasteiger partial charge in [-0.3, -0.25) is 14.3 Å². The van der Waals surface area contributed by atoms with Crippen molar-refractivity contribution in [1.29, 1.82) is 0 Å². The summed E-state index contributed by atoms with van der Waals surface area (Å²) in [5, 5.41) is 28.7. The zero-order valence-corrected chi connectivity index (χ0v) is 22.5. The van der Waals surface area contributed by atoms with Crippen LogP contribution in [0.2, 0.25) is 0 Å². The molecule has 26 nitrogen and oxygen atoms in total. The van der Waals surface area contributed by atoms with Gasteiger partial charge in [0, 0.05) is 0 Å². The van der Waals surface area contributed by atoms with Crippen molar-refractivity contribution in [3.05, 3.63) is 16.7 Å². The lowest BCUT2D eigenvalue weighted by molar-refractivity contribution is -0.0511. The lowest BCUT2D eigenvalue weighted by atomic mass is 10.1. The Bertz CT molecular complexity index is 1190. The molecule has 0 saturated carbocycles. The average molecular weight is 675 g/mol. The number of phosphoric acid groups is 4. The minimum Gasteiger partial charge on any atom is -0.394 e. The van der Waals surface area contributed by atoms with Gasteiger partial charge in [-0.1, -0.05) is 0 Å². The predicted octanol–water partition coefficient (Wildman–Crippen LogP) is -6.40. The van der Waals surface area contributed by atoms with E-state index < -0.39 is 68.0 Å². The Morgan fingerprint density at radius 1 is 0.825 bits per heavy atom. The van der Waals surface area contributed by atoms with Crippen LogP contribution >= 0.6 is 31.3 Å². The van der Waals surface area contributed by atoms with Crippen LogP contribution in [-0.2, 0) is 23.0 Å². The van der Waals surface area contributed by atoms with Gasteiger partial charge >= 0.3 is 31.3 Å². The number of hydrogen-bond acceptors (Lipinski definition) is 12. The minimum atomic E-state index is -4.64. The van der Waals surface area contributed by atoms with Gasteiger partial charge in [0.1, 0.15) is 18.3 Å². The smallest absolute Gasteiger partial charge is 0.394 e. The molecule has 0 aromatic carbocycles. The zero-order chi connectivity index (χ0) is 32.4. The average Bonchev–Trinajstić information content (AvgIpc) is 3.18. The number of rotatable bonds is 2. The largest absolute Gasteiger partial charge is 0.466 e. The lowest BCUT2D eigenvalue weighted by Crippen LogP contribution is -2.33. The number of nitrogens with zero attached hydrogens (tertiary/aromatic N) is 3. The van der Waals surface area contributed by atoms with E-state index >= 15 is 0 Å². The van der Waals surface area contributed by atoms with Crippen LogP contribution < -0.4 is 11.3 Å². The van der Waals surface area contributed by atoms with Crippen molar-refractivity contribution in [2.45, 2.75) is 24.5 Å². The van der Waals surface area contributed by atoms with Gasteiger partial charge in [0.05, 0.1) is 12.9 Å². The number of fused-ring (bicyclic) bond motifs is 1. The van der Waals surface area contributed by atoms with Crippen LogP contribution in [0.1, 0.15) is 6.23 Å². The molecule has 4 atom stereocenters. The molecule has 1 fully saturated rings. The molecule has 3 heterocycles. The summed E-state index contributed by atoms with van der Waals surface area (Å²) in [4.78, 5) is 108. The summed E-state index contributed by atoms with van der Waals surface area (Å²) in [5.74, 6) is -0.101. The molecule has 0 radical (unpaired) electrons. The molecular weight excluding hydrogens is 650 g/mol. The Morgan fingerprint density at radius 2 is 1.20 bits per heavy atom. The fourth-order valence-electron chi connectivity index (χ4n) is 2.24. The SMILES string of the molecule is Nc1nc2c(ncn2[C@@H]2O[C@H](CO)[C@@H](O)[C@H]2O)c(=O)[nH]1.O=P(O)(O)O.O=P(O)(O)O.O=P(O)(O)O.O=P(O)(O)O. The summed E-state index contributed by atoms with van der Waals surface area (Å²) < 4.78 is 42.2. The Balaban J connectivity index is 0. The molecule has 30 heteroatoms. The first-order chi connectivity index (χ1) is 17.5. The maximum absolute atomic E-state index is 11.7. The summed E-state index contributed by atoms with van der Waals surface area (Å²) in [6.07, 6.45) is -3.21. The first-order valence-corrected chi connectivity index (χ1v) is 15.3. The van der Waals surface area contributed by atoms with Gasteiger partial charge < -0.3 is 84.5 Å². The number of H-pyrrole nitrogens is 1. The van der Waals surface area contributed by atoms with E-state index in [-0.39, 0.29) is 17.1 Å². The number of imidazole rings is 1. The molecule has 3 rings (SSSR count). The van der Waals surface area contributed by atoms with Crippen LogP contribution in [0, 0.1) is 0 Å². The maximum atomic E-state index is 11.7. The number of aliphatic hydroxyl groups is 3. The van der Waals surface area contributed by atoms with E-state index in [0.717, 1.165) is 0 Å². The van der Waals surface area contributed by atoms with Crippen LogP contribution in [0.25, 0.3) is 11.2 Å². The van der Waals surface area contributed by atoms with Crippen LogP contribution in [0.5, 0.6) is 0 Å². The summed E-state index contributed by atoms with van der Waals surface area (Å²) in [5.41, 5.74) is 5.12. The van der Waals surface area contributed by atoms with E-state index in [0.29, 0.717) is 0 Å². The van der Waals surface area contributed by atoms with E-state index in [1.54, 1.807) is 0 Å². The Kier molecular flexibility index (Phi) is 16.4. The van der Waals surface area contributed by atoms with Crippen molar-refractivity contribution in [2.75, 3.05) is 12.3 Å². The van der Waals surface area contributed by atoms with Gasteiger partial charge in [-0.25, -0.2) is 23.2 Å². The van der Waals surface area contributed by atoms with Gasteiger partial charge in [0.15, 0.2) is 17.4 Å². The van der Waals surface area contributed by atoms with Crippen molar-refractivity contribution in [3.8, 4) is 0 Å². The van der Waals surface area contributed by atoms with E-state index in [9.17, 15) is 15.0 Å². The summed E-state index contributed by atoms with van der Waals surface area (Å²) >= 11 is 0. The van der Waals surface area contributed by atoms with Crippen molar-refractivity contribution in [1.82, 2.24) is 19.5 Å². The van der Waals surface area contributed by atoms with Crippen molar-refractivity contribution in [2.24, 2.45) is 0 Å². The highest BCUT2D eigenvalue weighted by atomic mass is 31.2. The van der Waals surface area contributed by atoms with Crippen LogP contribution in [-0.4, -0.2) is 118 Å². The van der Waals surface area contributed by atoms with Crippen molar-refractivity contribution in [3.63, 3.8) is 0 Å². The predicted molar refractivity (Wildman–Crippen MR) is 123 cm³/mol. The number of hydrogen-bond donors (Lipinski definition) is 17. The third kappa shape index (κ3) is 22.2. The van der Waals surface area contributed by atoms with Crippen LogP contribution in [0.3, 0.4) is 0 Å². The summed E-state index contributed by atoms with van der Waals surface area (Å²) in [6, 6.07) is 0. The molecule has 2 aromatic heterocycles. The number of nitrogens with one attached hydrogen (secondary N) is 1. The molecule has 236 valence electrons. The quantitative estimate of drug-likeness (QED) is 0.132. The van der Waals surface area contributed by atoms with E-state index in [4.69, 9.17) is 92.6 Å². The summed E-state index contributed by atoms with van der Waals surface area (Å²) in [7, 11) is -18.6. The highest BCUT2D eigenvalue weighted by Gasteiger charge is 2.44. The second kappa shape index (κ2) is 16.2. The van der Waals surface area contributed by atoms with Crippen LogP contribution in [0.4, 0.5) is 5.95 Å². The lowest BCUT2D eigenvalue weighted by Gasteiger charge is -2.16. The maximum Gasteiger partial charge on any atom is 0.466 e. The second-order valence-corrected chi connectivity index (χ2v) is 10.7. The standard InChI is InChI=1S/C10H13N5O5.4H3O4P/c11-10-13-7-4(8(19)14-10)12-2-15(7)9-6(18)5(17)3(1-16)20-9;4*1-5(2,3)4/h2-3,5-6,9,16-18H,1H2,(H3,11,13,14,19);4*(H3,1,2,3,4)/t3-,5-,6-,9-;;;;/m1..../s1. The number of aromatic nitrogens is 4. The van der Waals surface area contributed by atoms with Crippen molar-refractivity contribution >= 4 is 48.4 Å². The normalized spacial score (nSPS) is 21.0. The number of aromatic amines is 1. The molecule has 1 aliphatic heterocycles. The van der Waals surface area contributed by atoms with Crippen molar-refractivity contribution < 1.29 is 97.0 Å². The zero-order valence-electron chi connectivity index (χ0n) is 19.0. The molecule has 0 aliphatic carbocycles. The van der Waals surface area contributed by atoms with Gasteiger partial charge in [-0.05, 0) is 0 Å². The Hall–Kier alpha value is -1.57. The van der Waals surface area contributed by atoms with Gasteiger partial charge in [-0.2, -0.15) is 4.98 Å². The number of aliphatic hydroxyl groups excluding tert-OH is 3. The van der Waals surface area contributed by atoms with E-state index in [2.05, 4.69) is 15.0 Å². The van der Waals surface area contributed by atoms with Crippen LogP contribution in [0.15, 0.2) is 11.1 Å². The van der Waals surface area contributed by atoms with E-state index in [1.807, 2.05) is 0 Å². The molecule has 0 spiro atoms. The first-order valence-electron chi connectivity index (χ1n) is 9.00.